The summed E-state index contributed by atoms with van der Waals surface area (Å²) in [5, 5.41) is 2.18. The molecule has 3 aliphatic carbocycles. The van der Waals surface area contributed by atoms with Crippen molar-refractivity contribution in [1.82, 2.24) is 10.0 Å². The van der Waals surface area contributed by atoms with E-state index in [0.717, 1.165) is 37.8 Å². The number of nitrogens with zero attached hydrogens (tertiary/aromatic N) is 2. The predicted octanol–water partition coefficient (Wildman–Crippen LogP) is 6.55. The lowest BCUT2D eigenvalue weighted by molar-refractivity contribution is -0.154. The lowest BCUT2D eigenvalue weighted by Crippen LogP contribution is -2.52. The van der Waals surface area contributed by atoms with Gasteiger partial charge in [0.05, 0.1) is 11.8 Å². The third-order valence-corrected chi connectivity index (χ3v) is 11.5. The lowest BCUT2D eigenvalue weighted by Gasteiger charge is -2.45. The highest BCUT2D eigenvalue weighted by atomic mass is 35.5. The molecule has 254 valence electrons. The molecule has 9 nitrogen and oxygen atoms in total. The van der Waals surface area contributed by atoms with Gasteiger partial charge in [0, 0.05) is 28.0 Å². The van der Waals surface area contributed by atoms with Crippen LogP contribution in [0.5, 0.6) is 5.75 Å². The highest BCUT2D eigenvalue weighted by Crippen LogP contribution is 2.61. The Hall–Kier alpha value is -5.58. The van der Waals surface area contributed by atoms with Crippen molar-refractivity contribution >= 4 is 45.2 Å². The summed E-state index contributed by atoms with van der Waals surface area (Å²) in [4.78, 5) is 57.1. The van der Waals surface area contributed by atoms with Crippen molar-refractivity contribution in [2.45, 2.75) is 23.7 Å². The smallest absolute Gasteiger partial charge is 0.339 e. The van der Waals surface area contributed by atoms with Gasteiger partial charge in [-0.25, -0.2) is 5.01 Å². The van der Waals surface area contributed by atoms with Gasteiger partial charge >= 0.3 is 10.1 Å². The fourth-order valence-corrected chi connectivity index (χ4v) is 8.73. The first-order chi connectivity index (χ1) is 24.5. The molecule has 2 atom stereocenters. The van der Waals surface area contributed by atoms with E-state index in [2.05, 4.69) is 0 Å². The summed E-state index contributed by atoms with van der Waals surface area (Å²) in [6.07, 6.45) is 0. The number of hydrogen-bond donors (Lipinski definition) is 0. The Balaban J connectivity index is 1.12. The van der Waals surface area contributed by atoms with Crippen LogP contribution in [-0.2, 0) is 19.7 Å². The van der Waals surface area contributed by atoms with Crippen LogP contribution in [0.25, 0.3) is 0 Å². The monoisotopic (exact) mass is 716 g/mol. The molecule has 5 aromatic carbocycles. The Morgan fingerprint density at radius 3 is 1.65 bits per heavy atom. The van der Waals surface area contributed by atoms with Crippen LogP contribution in [0, 0.1) is 18.8 Å². The molecule has 0 N–H and O–H groups in total. The SMILES string of the molecule is Cc1ccc(S(=O)(=O)Oc2ccc(C(=O)CN(C(=O)c3ccc(Cl)cc3)N3C(=O)[C@@H]4C5c6ccccc6C(c6ccccc65)[C@@H]4C3=O)cc2)cc1. The summed E-state index contributed by atoms with van der Waals surface area (Å²) in [6, 6.07) is 33.2. The average molecular weight is 717 g/mol. The van der Waals surface area contributed by atoms with Crippen LogP contribution in [0.3, 0.4) is 0 Å². The maximum Gasteiger partial charge on any atom is 0.339 e. The number of halogens is 1. The Kier molecular flexibility index (Phi) is 7.88. The predicted molar refractivity (Wildman–Crippen MR) is 188 cm³/mol. The number of carbonyl (C=O) groups excluding carboxylic acids is 4. The number of aryl methyl sites for hydroxylation is 1. The van der Waals surface area contributed by atoms with Gasteiger partial charge in [0.1, 0.15) is 17.2 Å². The molecule has 9 rings (SSSR count). The molecular weight excluding hydrogens is 688 g/mol. The van der Waals surface area contributed by atoms with Crippen molar-refractivity contribution < 1.29 is 31.8 Å². The summed E-state index contributed by atoms with van der Waals surface area (Å²) < 4.78 is 30.9. The quantitative estimate of drug-likeness (QED) is 0.102. The van der Waals surface area contributed by atoms with Crippen molar-refractivity contribution in [2.75, 3.05) is 6.54 Å². The van der Waals surface area contributed by atoms with Crippen LogP contribution >= 0.6 is 11.6 Å². The van der Waals surface area contributed by atoms with Crippen molar-refractivity contribution in [3.05, 3.63) is 165 Å². The van der Waals surface area contributed by atoms with Gasteiger partial charge in [0.15, 0.2) is 5.78 Å². The molecular formula is C40H29ClN2O7S. The van der Waals surface area contributed by atoms with Gasteiger partial charge in [-0.05, 0) is 89.8 Å². The van der Waals surface area contributed by atoms with Crippen LogP contribution in [0.2, 0.25) is 5.02 Å². The van der Waals surface area contributed by atoms with E-state index in [1.165, 1.54) is 60.7 Å². The summed E-state index contributed by atoms with van der Waals surface area (Å²) in [6.45, 7) is 1.19. The average Bonchev–Trinajstić information content (AvgIpc) is 3.40. The second-order valence-electron chi connectivity index (χ2n) is 12.9. The van der Waals surface area contributed by atoms with E-state index in [-0.39, 0.29) is 21.8 Å². The normalized spacial score (nSPS) is 20.0. The van der Waals surface area contributed by atoms with Gasteiger partial charge in [0.25, 0.3) is 17.7 Å². The number of imide groups is 1. The number of amides is 3. The number of rotatable bonds is 8. The standard InChI is InChI=1S/C40H29ClN2O7S/c1-23-10-20-28(21-11-23)51(48,49)50-27-18-14-24(15-19-27)33(44)22-42(38(45)25-12-16-26(41)17-13-25)43-39(46)36-34-29-6-2-3-7-30(29)35(37(36)40(43)47)32-9-5-4-8-31(32)34/h2-21,34-37H,22H2,1H3/t34?,35?,36-,37+. The molecule has 1 aliphatic heterocycles. The van der Waals surface area contributed by atoms with Crippen LogP contribution in [0.15, 0.2) is 126 Å². The zero-order valence-corrected chi connectivity index (χ0v) is 28.7. The minimum atomic E-state index is -4.13. The van der Waals surface area contributed by atoms with E-state index < -0.39 is 63.8 Å². The summed E-state index contributed by atoms with van der Waals surface area (Å²) in [5.41, 5.74) is 5.03. The van der Waals surface area contributed by atoms with Gasteiger partial charge in [-0.2, -0.15) is 13.4 Å². The molecule has 0 radical (unpaired) electrons. The molecule has 0 saturated carbocycles. The minimum Gasteiger partial charge on any atom is -0.379 e. The molecule has 1 fully saturated rings. The van der Waals surface area contributed by atoms with Gasteiger partial charge in [0.2, 0.25) is 0 Å². The molecule has 5 aromatic rings. The van der Waals surface area contributed by atoms with Crippen molar-refractivity contribution in [3.8, 4) is 5.75 Å². The molecule has 1 heterocycles. The van der Waals surface area contributed by atoms with E-state index in [9.17, 15) is 27.6 Å². The maximum absolute atomic E-state index is 14.5. The first-order valence-corrected chi connectivity index (χ1v) is 18.1. The summed E-state index contributed by atoms with van der Waals surface area (Å²) in [7, 11) is -4.13. The Morgan fingerprint density at radius 2 is 1.16 bits per heavy atom. The fourth-order valence-electron chi connectivity index (χ4n) is 7.68. The van der Waals surface area contributed by atoms with E-state index in [0.29, 0.717) is 5.02 Å². The third-order valence-electron chi connectivity index (χ3n) is 9.98. The maximum atomic E-state index is 14.5. The topological polar surface area (TPSA) is 118 Å². The second kappa shape index (κ2) is 12.3. The molecule has 0 spiro atoms. The molecule has 2 bridgehead atoms. The zero-order valence-electron chi connectivity index (χ0n) is 27.1. The highest BCUT2D eigenvalue weighted by molar-refractivity contribution is 7.87. The van der Waals surface area contributed by atoms with Crippen molar-refractivity contribution in [2.24, 2.45) is 11.8 Å². The zero-order chi connectivity index (χ0) is 35.6. The van der Waals surface area contributed by atoms with Gasteiger partial charge in [-0.15, -0.1) is 0 Å². The second-order valence-corrected chi connectivity index (χ2v) is 14.9. The molecule has 4 aliphatic rings. The van der Waals surface area contributed by atoms with E-state index in [1.807, 2.05) is 55.5 Å². The molecule has 1 saturated heterocycles. The van der Waals surface area contributed by atoms with Crippen LogP contribution in [0.1, 0.15) is 60.4 Å². The van der Waals surface area contributed by atoms with Gasteiger partial charge < -0.3 is 4.18 Å². The molecule has 0 unspecified atom stereocenters. The number of ketones is 1. The van der Waals surface area contributed by atoms with E-state index in [1.54, 1.807) is 12.1 Å². The summed E-state index contributed by atoms with van der Waals surface area (Å²) in [5.74, 6) is -4.79. The largest absolute Gasteiger partial charge is 0.379 e. The number of carbonyl (C=O) groups is 4. The summed E-state index contributed by atoms with van der Waals surface area (Å²) >= 11 is 6.09. The molecule has 3 amide bonds. The van der Waals surface area contributed by atoms with Crippen LogP contribution in [0.4, 0.5) is 0 Å². The van der Waals surface area contributed by atoms with Crippen molar-refractivity contribution in [1.29, 1.82) is 0 Å². The number of hydrazine groups is 1. The number of Topliss-reactive ketones (excluding diaryl/α,β-unsaturated/α-hetero) is 1. The Bertz CT molecular complexity index is 2240. The molecule has 0 aromatic heterocycles. The third kappa shape index (κ3) is 5.42. The molecule has 11 heteroatoms. The van der Waals surface area contributed by atoms with E-state index >= 15 is 0 Å². The fraction of sp³-hybridized carbons (Fsp3) is 0.150. The van der Waals surface area contributed by atoms with Crippen LogP contribution in [-0.4, -0.2) is 48.5 Å². The van der Waals surface area contributed by atoms with Crippen LogP contribution < -0.4 is 4.18 Å². The Labute approximate surface area is 299 Å². The first kappa shape index (κ1) is 32.6. The first-order valence-electron chi connectivity index (χ1n) is 16.3. The number of benzene rings is 5. The Morgan fingerprint density at radius 1 is 0.686 bits per heavy atom. The lowest BCUT2D eigenvalue weighted by atomic mass is 9.55. The number of hydrogen-bond acceptors (Lipinski definition) is 7. The minimum absolute atomic E-state index is 0.0233. The van der Waals surface area contributed by atoms with Gasteiger partial charge in [-0.1, -0.05) is 77.8 Å². The van der Waals surface area contributed by atoms with Crippen molar-refractivity contribution in [3.63, 3.8) is 0 Å². The van der Waals surface area contributed by atoms with Gasteiger partial charge in [-0.3, -0.25) is 19.2 Å². The highest BCUT2D eigenvalue weighted by Gasteiger charge is 2.63. The van der Waals surface area contributed by atoms with E-state index in [4.69, 9.17) is 15.8 Å². The molecule has 51 heavy (non-hydrogen) atoms.